The van der Waals surface area contributed by atoms with Gasteiger partial charge in [0.1, 0.15) is 11.9 Å². The molecular weight excluding hydrogens is 265 g/mol. The van der Waals surface area contributed by atoms with Crippen LogP contribution in [-0.2, 0) is 9.53 Å². The van der Waals surface area contributed by atoms with Crippen molar-refractivity contribution < 1.29 is 13.9 Å². The predicted octanol–water partition coefficient (Wildman–Crippen LogP) is 3.23. The van der Waals surface area contributed by atoms with Crippen LogP contribution in [-0.4, -0.2) is 30.6 Å². The fraction of sp³-hybridized carbons (Fsp3) is 0.500. The second-order valence-electron chi connectivity index (χ2n) is 4.22. The van der Waals surface area contributed by atoms with Crippen molar-refractivity contribution in [3.05, 3.63) is 29.6 Å². The van der Waals surface area contributed by atoms with Crippen LogP contribution >= 0.6 is 11.8 Å². The first kappa shape index (κ1) is 15.8. The van der Waals surface area contributed by atoms with Crippen LogP contribution < -0.4 is 5.32 Å². The zero-order valence-corrected chi connectivity index (χ0v) is 12.3. The highest BCUT2D eigenvalue weighted by Crippen LogP contribution is 2.16. The minimum absolute atomic E-state index is 0.311. The van der Waals surface area contributed by atoms with E-state index in [0.717, 1.165) is 17.1 Å². The van der Waals surface area contributed by atoms with E-state index in [-0.39, 0.29) is 11.8 Å². The van der Waals surface area contributed by atoms with Gasteiger partial charge in [0.15, 0.2) is 0 Å². The van der Waals surface area contributed by atoms with Crippen LogP contribution in [0.2, 0.25) is 0 Å². The maximum atomic E-state index is 13.3. The van der Waals surface area contributed by atoms with Crippen molar-refractivity contribution in [3.8, 4) is 0 Å². The van der Waals surface area contributed by atoms with E-state index < -0.39 is 6.04 Å². The number of hydrogen-bond acceptors (Lipinski definition) is 4. The Morgan fingerprint density at radius 1 is 1.47 bits per heavy atom. The Morgan fingerprint density at radius 3 is 2.79 bits per heavy atom. The Labute approximate surface area is 117 Å². The number of hydrogen-bond donors (Lipinski definition) is 1. The molecule has 0 saturated heterocycles. The molecule has 0 fully saturated rings. The molecule has 0 aliphatic carbocycles. The van der Waals surface area contributed by atoms with E-state index in [9.17, 15) is 9.18 Å². The summed E-state index contributed by atoms with van der Waals surface area (Å²) in [5.74, 6) is 1.23. The third-order valence-electron chi connectivity index (χ3n) is 2.62. The first-order valence-electron chi connectivity index (χ1n) is 6.26. The van der Waals surface area contributed by atoms with Crippen molar-refractivity contribution in [1.82, 2.24) is 0 Å². The highest BCUT2D eigenvalue weighted by molar-refractivity contribution is 7.99. The minimum atomic E-state index is -0.440. The Kier molecular flexibility index (Phi) is 6.70. The number of aryl methyl sites for hydroxylation is 1. The fourth-order valence-corrected chi connectivity index (χ4v) is 2.45. The Bertz CT molecular complexity index is 406. The van der Waals surface area contributed by atoms with Gasteiger partial charge in [0.2, 0.25) is 0 Å². The third-order valence-corrected chi connectivity index (χ3v) is 3.56. The van der Waals surface area contributed by atoms with Crippen LogP contribution in [0, 0.1) is 12.7 Å². The molecule has 0 aromatic heterocycles. The summed E-state index contributed by atoms with van der Waals surface area (Å²) in [7, 11) is 1.36. The lowest BCUT2D eigenvalue weighted by atomic mass is 10.1. The Balaban J connectivity index is 2.72. The maximum Gasteiger partial charge on any atom is 0.328 e. The third kappa shape index (κ3) is 5.51. The fourth-order valence-electron chi connectivity index (χ4n) is 1.76. The Hall–Kier alpha value is -1.23. The van der Waals surface area contributed by atoms with Crippen LogP contribution in [0.4, 0.5) is 10.1 Å². The lowest BCUT2D eigenvalue weighted by molar-refractivity contribution is -0.141. The zero-order valence-electron chi connectivity index (χ0n) is 11.5. The van der Waals surface area contributed by atoms with E-state index in [1.54, 1.807) is 11.8 Å². The smallest absolute Gasteiger partial charge is 0.328 e. The number of nitrogens with one attached hydrogen (secondary N) is 1. The van der Waals surface area contributed by atoms with Crippen molar-refractivity contribution in [3.63, 3.8) is 0 Å². The second-order valence-corrected chi connectivity index (χ2v) is 5.62. The molecule has 0 saturated carbocycles. The lowest BCUT2D eigenvalue weighted by Gasteiger charge is -2.17. The topological polar surface area (TPSA) is 38.3 Å². The summed E-state index contributed by atoms with van der Waals surface area (Å²) in [4.78, 5) is 11.7. The molecule has 0 amide bonds. The van der Waals surface area contributed by atoms with Crippen molar-refractivity contribution in [2.45, 2.75) is 26.3 Å². The predicted molar refractivity (Wildman–Crippen MR) is 78.2 cm³/mol. The summed E-state index contributed by atoms with van der Waals surface area (Å²) in [6, 6.07) is 4.21. The number of halogens is 1. The monoisotopic (exact) mass is 285 g/mol. The van der Waals surface area contributed by atoms with Gasteiger partial charge in [-0.3, -0.25) is 0 Å². The lowest BCUT2D eigenvalue weighted by Crippen LogP contribution is -2.31. The van der Waals surface area contributed by atoms with Crippen LogP contribution in [0.3, 0.4) is 0 Å². The van der Waals surface area contributed by atoms with E-state index >= 15 is 0 Å². The number of benzene rings is 1. The molecule has 0 radical (unpaired) electrons. The molecule has 0 spiro atoms. The van der Waals surface area contributed by atoms with Crippen LogP contribution in [0.1, 0.15) is 18.9 Å². The quantitative estimate of drug-likeness (QED) is 0.616. The summed E-state index contributed by atoms with van der Waals surface area (Å²) in [5.41, 5.74) is 1.42. The highest BCUT2D eigenvalue weighted by atomic mass is 32.2. The van der Waals surface area contributed by atoms with Gasteiger partial charge in [-0.05, 0) is 48.6 Å². The molecule has 19 heavy (non-hydrogen) atoms. The number of rotatable bonds is 7. The van der Waals surface area contributed by atoms with E-state index in [1.807, 2.05) is 13.0 Å². The molecule has 1 aromatic rings. The summed E-state index contributed by atoms with van der Waals surface area (Å²) in [6.45, 7) is 3.88. The average molecular weight is 285 g/mol. The number of anilines is 1. The highest BCUT2D eigenvalue weighted by Gasteiger charge is 2.18. The van der Waals surface area contributed by atoms with Gasteiger partial charge >= 0.3 is 5.97 Å². The molecule has 5 heteroatoms. The van der Waals surface area contributed by atoms with Crippen molar-refractivity contribution in [1.29, 1.82) is 0 Å². The molecule has 1 aromatic carbocycles. The molecule has 0 aliphatic heterocycles. The van der Waals surface area contributed by atoms with Gasteiger partial charge in [-0.2, -0.15) is 11.8 Å². The largest absolute Gasteiger partial charge is 0.467 e. The minimum Gasteiger partial charge on any atom is -0.467 e. The maximum absolute atomic E-state index is 13.3. The molecule has 1 unspecified atom stereocenters. The van der Waals surface area contributed by atoms with Gasteiger partial charge in [-0.25, -0.2) is 9.18 Å². The summed E-state index contributed by atoms with van der Waals surface area (Å²) in [5, 5.41) is 3.04. The van der Waals surface area contributed by atoms with Crippen molar-refractivity contribution >= 4 is 23.4 Å². The van der Waals surface area contributed by atoms with Crippen molar-refractivity contribution in [2.75, 3.05) is 23.9 Å². The second kappa shape index (κ2) is 8.04. The molecule has 1 N–H and O–H groups in total. The molecule has 106 valence electrons. The average Bonchev–Trinajstić information content (AvgIpc) is 2.35. The normalized spacial score (nSPS) is 12.0. The molecule has 0 aliphatic rings. The summed E-state index contributed by atoms with van der Waals surface area (Å²) < 4.78 is 18.1. The van der Waals surface area contributed by atoms with E-state index in [2.05, 4.69) is 12.2 Å². The molecule has 3 nitrogen and oxygen atoms in total. The first-order chi connectivity index (χ1) is 9.06. The SMILES string of the molecule is CCSCCC(Nc1cc(C)cc(F)c1)C(=O)OC. The van der Waals surface area contributed by atoms with Gasteiger partial charge in [-0.15, -0.1) is 0 Å². The van der Waals surface area contributed by atoms with Gasteiger partial charge in [0.25, 0.3) is 0 Å². The molecule has 0 heterocycles. The summed E-state index contributed by atoms with van der Waals surface area (Å²) in [6.07, 6.45) is 0.654. The number of thioether (sulfide) groups is 1. The van der Waals surface area contributed by atoms with Gasteiger partial charge in [0.05, 0.1) is 7.11 Å². The first-order valence-corrected chi connectivity index (χ1v) is 7.41. The van der Waals surface area contributed by atoms with Gasteiger partial charge in [-0.1, -0.05) is 6.92 Å². The number of esters is 1. The van der Waals surface area contributed by atoms with Gasteiger partial charge in [0, 0.05) is 5.69 Å². The van der Waals surface area contributed by atoms with Gasteiger partial charge < -0.3 is 10.1 Å². The van der Waals surface area contributed by atoms with Crippen LogP contribution in [0.15, 0.2) is 18.2 Å². The molecule has 1 atom stereocenters. The molecule has 0 bridgehead atoms. The Morgan fingerprint density at radius 2 is 2.21 bits per heavy atom. The van der Waals surface area contributed by atoms with E-state index in [1.165, 1.54) is 19.2 Å². The number of methoxy groups -OCH3 is 1. The van der Waals surface area contributed by atoms with Crippen molar-refractivity contribution in [2.24, 2.45) is 0 Å². The zero-order chi connectivity index (χ0) is 14.3. The van der Waals surface area contributed by atoms with E-state index in [4.69, 9.17) is 4.74 Å². The number of carbonyl (C=O) groups is 1. The molecular formula is C14H20FNO2S. The van der Waals surface area contributed by atoms with E-state index in [0.29, 0.717) is 12.1 Å². The number of carbonyl (C=O) groups excluding carboxylic acids is 1. The summed E-state index contributed by atoms with van der Waals surface area (Å²) >= 11 is 1.76. The van der Waals surface area contributed by atoms with Crippen LogP contribution in [0.5, 0.6) is 0 Å². The standard InChI is InChI=1S/C14H20FNO2S/c1-4-19-6-5-13(14(17)18-3)16-12-8-10(2)7-11(15)9-12/h7-9,13,16H,4-6H2,1-3H3. The molecule has 1 rings (SSSR count). The van der Waals surface area contributed by atoms with Crippen LogP contribution in [0.25, 0.3) is 0 Å². The number of ether oxygens (including phenoxy) is 1.